The SMILES string of the molecule is COc1ccccc1[C@H](O)c1cc(Cl)cc(OC)c1NCC(C)(C)CO. The molecule has 2 aromatic carbocycles. The zero-order valence-electron chi connectivity index (χ0n) is 15.5. The molecule has 2 aromatic rings. The van der Waals surface area contributed by atoms with Crippen LogP contribution in [-0.4, -0.2) is 37.6 Å². The van der Waals surface area contributed by atoms with Gasteiger partial charge in [-0.15, -0.1) is 0 Å². The Morgan fingerprint density at radius 3 is 2.35 bits per heavy atom. The van der Waals surface area contributed by atoms with E-state index in [1.807, 2.05) is 26.0 Å². The van der Waals surface area contributed by atoms with Crippen LogP contribution in [0.3, 0.4) is 0 Å². The predicted octanol–water partition coefficient (Wildman–Crippen LogP) is 3.87. The Labute approximate surface area is 159 Å². The summed E-state index contributed by atoms with van der Waals surface area (Å²) in [6.07, 6.45) is -0.960. The van der Waals surface area contributed by atoms with Gasteiger partial charge in [-0.3, -0.25) is 0 Å². The number of halogens is 1. The van der Waals surface area contributed by atoms with Crippen LogP contribution in [0.25, 0.3) is 0 Å². The predicted molar refractivity (Wildman–Crippen MR) is 104 cm³/mol. The molecule has 26 heavy (non-hydrogen) atoms. The highest BCUT2D eigenvalue weighted by Crippen LogP contribution is 2.40. The van der Waals surface area contributed by atoms with Crippen molar-refractivity contribution in [1.29, 1.82) is 0 Å². The Morgan fingerprint density at radius 1 is 1.08 bits per heavy atom. The lowest BCUT2D eigenvalue weighted by molar-refractivity contribution is 0.170. The third-order valence-electron chi connectivity index (χ3n) is 4.22. The number of anilines is 1. The molecule has 0 aliphatic rings. The Morgan fingerprint density at radius 2 is 1.73 bits per heavy atom. The van der Waals surface area contributed by atoms with Gasteiger partial charge in [0.05, 0.1) is 19.9 Å². The molecule has 0 aliphatic heterocycles. The average molecular weight is 380 g/mol. The molecule has 0 saturated heterocycles. The molecule has 0 radical (unpaired) electrons. The second kappa shape index (κ2) is 8.62. The number of nitrogens with one attached hydrogen (secondary N) is 1. The zero-order valence-corrected chi connectivity index (χ0v) is 16.3. The van der Waals surface area contributed by atoms with Crippen molar-refractivity contribution in [3.63, 3.8) is 0 Å². The molecule has 0 fully saturated rings. The van der Waals surface area contributed by atoms with Crippen LogP contribution in [0.1, 0.15) is 31.1 Å². The summed E-state index contributed by atoms with van der Waals surface area (Å²) in [5.74, 6) is 1.11. The minimum absolute atomic E-state index is 0.0281. The largest absolute Gasteiger partial charge is 0.496 e. The summed E-state index contributed by atoms with van der Waals surface area (Å²) >= 11 is 6.23. The molecule has 1 atom stereocenters. The number of rotatable bonds is 8. The van der Waals surface area contributed by atoms with Crippen LogP contribution in [0.4, 0.5) is 5.69 Å². The average Bonchev–Trinajstić information content (AvgIpc) is 2.65. The summed E-state index contributed by atoms with van der Waals surface area (Å²) in [5, 5.41) is 24.3. The molecular weight excluding hydrogens is 354 g/mol. The summed E-state index contributed by atoms with van der Waals surface area (Å²) in [7, 11) is 3.11. The van der Waals surface area contributed by atoms with Gasteiger partial charge in [-0.2, -0.15) is 0 Å². The highest BCUT2D eigenvalue weighted by atomic mass is 35.5. The Kier molecular flexibility index (Phi) is 6.75. The van der Waals surface area contributed by atoms with Crippen LogP contribution in [0.15, 0.2) is 36.4 Å². The quantitative estimate of drug-likeness (QED) is 0.649. The molecule has 2 rings (SSSR count). The van der Waals surface area contributed by atoms with E-state index >= 15 is 0 Å². The Hall–Kier alpha value is -1.95. The summed E-state index contributed by atoms with van der Waals surface area (Å²) in [6.45, 7) is 4.41. The molecule has 0 unspecified atom stereocenters. The van der Waals surface area contributed by atoms with E-state index < -0.39 is 6.10 Å². The molecule has 0 spiro atoms. The van der Waals surface area contributed by atoms with Crippen LogP contribution in [0, 0.1) is 5.41 Å². The van der Waals surface area contributed by atoms with Crippen LogP contribution >= 0.6 is 11.6 Å². The van der Waals surface area contributed by atoms with E-state index in [0.717, 1.165) is 0 Å². The molecule has 5 nitrogen and oxygen atoms in total. The first-order valence-corrected chi connectivity index (χ1v) is 8.74. The van der Waals surface area contributed by atoms with E-state index in [4.69, 9.17) is 21.1 Å². The Balaban J connectivity index is 2.50. The number of ether oxygens (including phenoxy) is 2. The first-order chi connectivity index (χ1) is 12.3. The van der Waals surface area contributed by atoms with E-state index in [2.05, 4.69) is 5.32 Å². The standard InChI is InChI=1S/C20H26ClNO4/c1-20(2,12-23)11-22-18-15(9-13(21)10-17(18)26-4)19(24)14-7-5-6-8-16(14)25-3/h5-10,19,22-24H,11-12H2,1-4H3/t19-/m0/s1. The molecule has 0 aliphatic carbocycles. The summed E-state index contributed by atoms with van der Waals surface area (Å²) in [6, 6.07) is 10.7. The molecular formula is C20H26ClNO4. The van der Waals surface area contributed by atoms with E-state index in [0.29, 0.717) is 39.9 Å². The van der Waals surface area contributed by atoms with E-state index in [1.54, 1.807) is 38.5 Å². The monoisotopic (exact) mass is 379 g/mol. The van der Waals surface area contributed by atoms with E-state index in [-0.39, 0.29) is 12.0 Å². The van der Waals surface area contributed by atoms with Crippen molar-refractivity contribution in [1.82, 2.24) is 0 Å². The summed E-state index contributed by atoms with van der Waals surface area (Å²) in [5.41, 5.74) is 1.50. The molecule has 6 heteroatoms. The van der Waals surface area contributed by atoms with Gasteiger partial charge < -0.3 is 25.0 Å². The molecule has 0 bridgehead atoms. The van der Waals surface area contributed by atoms with Crippen LogP contribution < -0.4 is 14.8 Å². The fourth-order valence-electron chi connectivity index (χ4n) is 2.61. The lowest BCUT2D eigenvalue weighted by atomic mass is 9.93. The minimum atomic E-state index is -0.960. The van der Waals surface area contributed by atoms with Crippen molar-refractivity contribution in [2.24, 2.45) is 5.41 Å². The molecule has 3 N–H and O–H groups in total. The van der Waals surface area contributed by atoms with E-state index in [1.165, 1.54) is 0 Å². The lowest BCUT2D eigenvalue weighted by Crippen LogP contribution is -2.27. The maximum Gasteiger partial charge on any atom is 0.143 e. The van der Waals surface area contributed by atoms with Crippen molar-refractivity contribution in [3.8, 4) is 11.5 Å². The Bertz CT molecular complexity index is 749. The van der Waals surface area contributed by atoms with Crippen molar-refractivity contribution < 1.29 is 19.7 Å². The third kappa shape index (κ3) is 4.61. The van der Waals surface area contributed by atoms with Gasteiger partial charge >= 0.3 is 0 Å². The first-order valence-electron chi connectivity index (χ1n) is 8.36. The summed E-state index contributed by atoms with van der Waals surface area (Å²) < 4.78 is 10.8. The van der Waals surface area contributed by atoms with Gasteiger partial charge in [0.1, 0.15) is 17.6 Å². The molecule has 0 amide bonds. The van der Waals surface area contributed by atoms with Crippen LogP contribution in [-0.2, 0) is 0 Å². The van der Waals surface area contributed by atoms with Gasteiger partial charge in [0.2, 0.25) is 0 Å². The topological polar surface area (TPSA) is 71.0 Å². The van der Waals surface area contributed by atoms with Gasteiger partial charge in [-0.1, -0.05) is 43.6 Å². The maximum atomic E-state index is 11.0. The molecule has 0 saturated carbocycles. The van der Waals surface area contributed by atoms with Gasteiger partial charge in [0, 0.05) is 40.8 Å². The van der Waals surface area contributed by atoms with Gasteiger partial charge in [-0.05, 0) is 12.1 Å². The fourth-order valence-corrected chi connectivity index (χ4v) is 2.83. The van der Waals surface area contributed by atoms with Gasteiger partial charge in [0.15, 0.2) is 0 Å². The minimum Gasteiger partial charge on any atom is -0.496 e. The number of aliphatic hydroxyl groups is 2. The fraction of sp³-hybridized carbons (Fsp3) is 0.400. The van der Waals surface area contributed by atoms with E-state index in [9.17, 15) is 10.2 Å². The lowest BCUT2D eigenvalue weighted by Gasteiger charge is -2.26. The molecule has 0 heterocycles. The number of methoxy groups -OCH3 is 2. The normalized spacial score (nSPS) is 12.6. The number of para-hydroxylation sites is 1. The molecule has 0 aromatic heterocycles. The molecule has 142 valence electrons. The highest BCUT2D eigenvalue weighted by Gasteiger charge is 2.24. The maximum absolute atomic E-state index is 11.0. The van der Waals surface area contributed by atoms with Crippen LogP contribution in [0.2, 0.25) is 5.02 Å². The number of aliphatic hydroxyl groups excluding tert-OH is 2. The zero-order chi connectivity index (χ0) is 19.3. The van der Waals surface area contributed by atoms with Crippen molar-refractivity contribution >= 4 is 17.3 Å². The van der Waals surface area contributed by atoms with Crippen molar-refractivity contribution in [2.75, 3.05) is 32.7 Å². The van der Waals surface area contributed by atoms with Gasteiger partial charge in [0.25, 0.3) is 0 Å². The number of benzene rings is 2. The smallest absolute Gasteiger partial charge is 0.143 e. The van der Waals surface area contributed by atoms with Crippen molar-refractivity contribution in [2.45, 2.75) is 20.0 Å². The highest BCUT2D eigenvalue weighted by molar-refractivity contribution is 6.31. The second-order valence-electron chi connectivity index (χ2n) is 6.89. The third-order valence-corrected chi connectivity index (χ3v) is 4.44. The number of hydrogen-bond acceptors (Lipinski definition) is 5. The second-order valence-corrected chi connectivity index (χ2v) is 7.33. The first kappa shape index (κ1) is 20.4. The van der Waals surface area contributed by atoms with Crippen molar-refractivity contribution in [3.05, 3.63) is 52.5 Å². The van der Waals surface area contributed by atoms with Crippen LogP contribution in [0.5, 0.6) is 11.5 Å². The number of hydrogen-bond donors (Lipinski definition) is 3. The summed E-state index contributed by atoms with van der Waals surface area (Å²) in [4.78, 5) is 0. The van der Waals surface area contributed by atoms with Gasteiger partial charge in [-0.25, -0.2) is 0 Å².